The van der Waals surface area contributed by atoms with Crippen molar-refractivity contribution in [1.82, 2.24) is 15.1 Å². The van der Waals surface area contributed by atoms with Crippen molar-refractivity contribution in [2.45, 2.75) is 19.9 Å². The van der Waals surface area contributed by atoms with Crippen molar-refractivity contribution in [3.05, 3.63) is 24.4 Å². The molecule has 0 aliphatic carbocycles. The van der Waals surface area contributed by atoms with Gasteiger partial charge >= 0.3 is 0 Å². The van der Waals surface area contributed by atoms with Gasteiger partial charge < -0.3 is 0 Å². The van der Waals surface area contributed by atoms with Crippen LogP contribution in [-0.2, 0) is 0 Å². The third-order valence-electron chi connectivity index (χ3n) is 2.09. The first-order valence-corrected chi connectivity index (χ1v) is 4.30. The number of nitrogens with zero attached hydrogens (tertiary/aromatic N) is 5. The minimum atomic E-state index is 0.423. The zero-order chi connectivity index (χ0) is 9.42. The third kappa shape index (κ3) is 1.21. The lowest BCUT2D eigenvalue weighted by Gasteiger charge is -2.33. The van der Waals surface area contributed by atoms with Gasteiger partial charge in [0.05, 0.1) is 12.4 Å². The average Bonchev–Trinajstić information content (AvgIpc) is 2.45. The predicted octanol–water partition coefficient (Wildman–Crippen LogP) is 1.51. The van der Waals surface area contributed by atoms with Crippen LogP contribution in [0.15, 0.2) is 34.6 Å². The number of azo groups is 1. The first-order chi connectivity index (χ1) is 6.20. The molecule has 0 unspecified atom stereocenters. The van der Waals surface area contributed by atoms with Crippen LogP contribution in [-0.4, -0.2) is 28.2 Å². The van der Waals surface area contributed by atoms with Crippen LogP contribution < -0.4 is 0 Å². The van der Waals surface area contributed by atoms with Gasteiger partial charge in [0.1, 0.15) is 0 Å². The highest BCUT2D eigenvalue weighted by Crippen LogP contribution is 2.25. The first-order valence-electron chi connectivity index (χ1n) is 4.30. The lowest BCUT2D eigenvalue weighted by molar-refractivity contribution is -0.0800. The Labute approximate surface area is 77.6 Å². The molecular formula is C8H13N5. The van der Waals surface area contributed by atoms with Gasteiger partial charge in [-0.15, -0.1) is 10.2 Å². The standard InChI is InChI=1S/C8H13N5/c1-7(2)13-6-8-10-9-4-5-12(8)11(13)3/h4-7H,1-3H3. The fourth-order valence-corrected chi connectivity index (χ4v) is 1.43. The largest absolute Gasteiger partial charge is 0.289 e. The molecule has 0 aromatic heterocycles. The van der Waals surface area contributed by atoms with E-state index >= 15 is 0 Å². The highest BCUT2D eigenvalue weighted by molar-refractivity contribution is 5.08. The lowest BCUT2D eigenvalue weighted by atomic mass is 10.4. The van der Waals surface area contributed by atoms with E-state index in [-0.39, 0.29) is 0 Å². The fourth-order valence-electron chi connectivity index (χ4n) is 1.43. The molecule has 2 rings (SSSR count). The van der Waals surface area contributed by atoms with Crippen LogP contribution in [0.25, 0.3) is 0 Å². The van der Waals surface area contributed by atoms with E-state index in [1.807, 2.05) is 29.6 Å². The summed E-state index contributed by atoms with van der Waals surface area (Å²) < 4.78 is 0. The van der Waals surface area contributed by atoms with E-state index in [1.165, 1.54) is 0 Å². The van der Waals surface area contributed by atoms with Crippen LogP contribution in [0.5, 0.6) is 0 Å². The average molecular weight is 179 g/mol. The van der Waals surface area contributed by atoms with Gasteiger partial charge in [0.25, 0.3) is 0 Å². The van der Waals surface area contributed by atoms with Crippen molar-refractivity contribution in [3.8, 4) is 0 Å². The maximum absolute atomic E-state index is 4.02. The molecule has 0 amide bonds. The maximum Gasteiger partial charge on any atom is 0.188 e. The molecule has 0 aromatic carbocycles. The van der Waals surface area contributed by atoms with E-state index in [1.54, 1.807) is 6.20 Å². The van der Waals surface area contributed by atoms with Gasteiger partial charge in [0, 0.05) is 19.3 Å². The second-order valence-corrected chi connectivity index (χ2v) is 3.31. The Kier molecular flexibility index (Phi) is 1.81. The van der Waals surface area contributed by atoms with Gasteiger partial charge in [-0.05, 0) is 13.8 Å². The molecule has 2 aliphatic rings. The molecule has 2 heterocycles. The van der Waals surface area contributed by atoms with E-state index in [4.69, 9.17) is 0 Å². The maximum atomic E-state index is 4.02. The summed E-state index contributed by atoms with van der Waals surface area (Å²) in [6.45, 7) is 4.26. The van der Waals surface area contributed by atoms with Crippen LogP contribution in [0.1, 0.15) is 13.8 Å². The summed E-state index contributed by atoms with van der Waals surface area (Å²) in [6.07, 6.45) is 5.55. The molecular weight excluding hydrogens is 166 g/mol. The Bertz CT molecular complexity index is 291. The van der Waals surface area contributed by atoms with Gasteiger partial charge in [-0.3, -0.25) is 5.01 Å². The zero-order valence-corrected chi connectivity index (χ0v) is 8.05. The molecule has 0 saturated heterocycles. The Morgan fingerprint density at radius 2 is 2.15 bits per heavy atom. The van der Waals surface area contributed by atoms with Crippen molar-refractivity contribution < 1.29 is 0 Å². The van der Waals surface area contributed by atoms with E-state index in [0.29, 0.717) is 6.04 Å². The Hall–Kier alpha value is -1.36. The van der Waals surface area contributed by atoms with Crippen molar-refractivity contribution in [1.29, 1.82) is 0 Å². The van der Waals surface area contributed by atoms with E-state index < -0.39 is 0 Å². The Morgan fingerprint density at radius 1 is 1.38 bits per heavy atom. The lowest BCUT2D eigenvalue weighted by Crippen LogP contribution is -2.42. The summed E-state index contributed by atoms with van der Waals surface area (Å²) in [5.41, 5.74) is 0. The van der Waals surface area contributed by atoms with E-state index in [2.05, 4.69) is 29.1 Å². The normalized spacial score (nSPS) is 21.4. The Balaban J connectivity index is 2.26. The highest BCUT2D eigenvalue weighted by atomic mass is 15.9. The molecule has 0 N–H and O–H groups in total. The fraction of sp³-hybridized carbons (Fsp3) is 0.500. The quantitative estimate of drug-likeness (QED) is 0.612. The van der Waals surface area contributed by atoms with E-state index in [0.717, 1.165) is 5.82 Å². The smallest absolute Gasteiger partial charge is 0.188 e. The van der Waals surface area contributed by atoms with Crippen molar-refractivity contribution in [2.24, 2.45) is 10.2 Å². The SMILES string of the molecule is CC(C)N1C=C2N=NC=CN2N1C. The highest BCUT2D eigenvalue weighted by Gasteiger charge is 2.28. The summed E-state index contributed by atoms with van der Waals surface area (Å²) in [6, 6.07) is 0.423. The molecule has 0 saturated carbocycles. The second kappa shape index (κ2) is 2.85. The molecule has 13 heavy (non-hydrogen) atoms. The zero-order valence-electron chi connectivity index (χ0n) is 8.05. The van der Waals surface area contributed by atoms with Gasteiger partial charge in [0.15, 0.2) is 5.82 Å². The van der Waals surface area contributed by atoms with E-state index in [9.17, 15) is 0 Å². The van der Waals surface area contributed by atoms with Crippen molar-refractivity contribution in [3.63, 3.8) is 0 Å². The summed E-state index contributed by atoms with van der Waals surface area (Å²) in [5.74, 6) is 0.860. The van der Waals surface area contributed by atoms with Gasteiger partial charge in [-0.1, -0.05) is 0 Å². The van der Waals surface area contributed by atoms with Crippen LogP contribution in [0, 0.1) is 0 Å². The number of fused-ring (bicyclic) bond motifs is 1. The first kappa shape index (κ1) is 8.25. The van der Waals surface area contributed by atoms with Crippen LogP contribution in [0.4, 0.5) is 0 Å². The number of hydrogen-bond donors (Lipinski definition) is 0. The van der Waals surface area contributed by atoms with Gasteiger partial charge in [-0.25, -0.2) is 5.01 Å². The number of rotatable bonds is 1. The summed E-state index contributed by atoms with van der Waals surface area (Å²) in [7, 11) is 1.99. The molecule has 0 bridgehead atoms. The predicted molar refractivity (Wildman–Crippen MR) is 48.7 cm³/mol. The molecule has 5 nitrogen and oxygen atoms in total. The minimum Gasteiger partial charge on any atom is -0.289 e. The molecule has 0 spiro atoms. The molecule has 0 radical (unpaired) electrons. The second-order valence-electron chi connectivity index (χ2n) is 3.31. The number of hydrazine groups is 2. The third-order valence-corrected chi connectivity index (χ3v) is 2.09. The molecule has 5 heteroatoms. The van der Waals surface area contributed by atoms with Crippen LogP contribution in [0.2, 0.25) is 0 Å². The molecule has 70 valence electrons. The summed E-state index contributed by atoms with van der Waals surface area (Å²) in [5, 5.41) is 13.9. The minimum absolute atomic E-state index is 0.423. The van der Waals surface area contributed by atoms with Crippen molar-refractivity contribution >= 4 is 0 Å². The molecule has 0 aromatic rings. The van der Waals surface area contributed by atoms with Crippen LogP contribution in [0.3, 0.4) is 0 Å². The van der Waals surface area contributed by atoms with Gasteiger partial charge in [0.2, 0.25) is 0 Å². The van der Waals surface area contributed by atoms with Crippen molar-refractivity contribution in [2.75, 3.05) is 7.05 Å². The summed E-state index contributed by atoms with van der Waals surface area (Å²) in [4.78, 5) is 0. The van der Waals surface area contributed by atoms with Crippen LogP contribution >= 0.6 is 0 Å². The number of hydrogen-bond acceptors (Lipinski definition) is 5. The molecule has 2 aliphatic heterocycles. The van der Waals surface area contributed by atoms with Gasteiger partial charge in [-0.2, -0.15) is 5.11 Å². The molecule has 0 atom stereocenters. The Morgan fingerprint density at radius 3 is 2.77 bits per heavy atom. The topological polar surface area (TPSA) is 34.4 Å². The monoisotopic (exact) mass is 179 g/mol. The summed E-state index contributed by atoms with van der Waals surface area (Å²) >= 11 is 0. The molecule has 0 fully saturated rings.